The SMILES string of the molecule is CCOCCNCC1(SC)CCC1. The molecule has 3 heteroatoms. The summed E-state index contributed by atoms with van der Waals surface area (Å²) in [5, 5.41) is 3.47. The van der Waals surface area contributed by atoms with Gasteiger partial charge in [-0.3, -0.25) is 0 Å². The monoisotopic (exact) mass is 203 g/mol. The first kappa shape index (κ1) is 11.3. The van der Waals surface area contributed by atoms with Gasteiger partial charge in [-0.1, -0.05) is 6.42 Å². The summed E-state index contributed by atoms with van der Waals surface area (Å²) in [6.07, 6.45) is 6.41. The van der Waals surface area contributed by atoms with E-state index in [4.69, 9.17) is 4.74 Å². The minimum atomic E-state index is 0.562. The lowest BCUT2D eigenvalue weighted by Crippen LogP contribution is -2.44. The zero-order valence-electron chi connectivity index (χ0n) is 8.77. The Bertz CT molecular complexity index is 131. The number of rotatable bonds is 7. The van der Waals surface area contributed by atoms with E-state index < -0.39 is 0 Å². The minimum absolute atomic E-state index is 0.562. The van der Waals surface area contributed by atoms with Crippen molar-refractivity contribution in [3.8, 4) is 0 Å². The van der Waals surface area contributed by atoms with Crippen molar-refractivity contribution >= 4 is 11.8 Å². The average Bonchev–Trinajstić information content (AvgIpc) is 2.09. The molecule has 0 aliphatic heterocycles. The maximum absolute atomic E-state index is 5.26. The van der Waals surface area contributed by atoms with E-state index in [9.17, 15) is 0 Å². The second kappa shape index (κ2) is 5.89. The molecule has 13 heavy (non-hydrogen) atoms. The van der Waals surface area contributed by atoms with Gasteiger partial charge >= 0.3 is 0 Å². The van der Waals surface area contributed by atoms with Gasteiger partial charge in [-0.15, -0.1) is 0 Å². The molecule has 0 aromatic carbocycles. The summed E-state index contributed by atoms with van der Waals surface area (Å²) < 4.78 is 5.83. The molecule has 1 aliphatic carbocycles. The molecular formula is C10H21NOS. The first-order valence-electron chi connectivity index (χ1n) is 5.16. The zero-order chi connectivity index (χ0) is 9.57. The highest BCUT2D eigenvalue weighted by molar-refractivity contribution is 8.00. The topological polar surface area (TPSA) is 21.3 Å². The van der Waals surface area contributed by atoms with Crippen LogP contribution >= 0.6 is 11.8 Å². The number of nitrogens with one attached hydrogen (secondary N) is 1. The Morgan fingerprint density at radius 2 is 2.23 bits per heavy atom. The second-order valence-electron chi connectivity index (χ2n) is 3.61. The molecule has 78 valence electrons. The van der Waals surface area contributed by atoms with Crippen LogP contribution in [0.15, 0.2) is 0 Å². The summed E-state index contributed by atoms with van der Waals surface area (Å²) in [4.78, 5) is 0. The third-order valence-corrected chi connectivity index (χ3v) is 4.19. The van der Waals surface area contributed by atoms with Crippen LogP contribution in [0.5, 0.6) is 0 Å². The molecule has 1 saturated carbocycles. The van der Waals surface area contributed by atoms with Crippen molar-refractivity contribution in [2.24, 2.45) is 0 Å². The fraction of sp³-hybridized carbons (Fsp3) is 1.00. The van der Waals surface area contributed by atoms with Crippen LogP contribution in [0.2, 0.25) is 0 Å². The van der Waals surface area contributed by atoms with Crippen LogP contribution in [0.1, 0.15) is 26.2 Å². The fourth-order valence-electron chi connectivity index (χ4n) is 1.63. The molecule has 0 bridgehead atoms. The van der Waals surface area contributed by atoms with E-state index in [2.05, 4.69) is 11.6 Å². The van der Waals surface area contributed by atoms with E-state index in [1.165, 1.54) is 19.3 Å². The molecule has 1 rings (SSSR count). The predicted octanol–water partition coefficient (Wildman–Crippen LogP) is 1.90. The third-order valence-electron chi connectivity index (χ3n) is 2.77. The van der Waals surface area contributed by atoms with Gasteiger partial charge in [0.25, 0.3) is 0 Å². The van der Waals surface area contributed by atoms with E-state index in [-0.39, 0.29) is 0 Å². The van der Waals surface area contributed by atoms with Crippen LogP contribution < -0.4 is 5.32 Å². The van der Waals surface area contributed by atoms with Crippen LogP contribution in [0.4, 0.5) is 0 Å². The van der Waals surface area contributed by atoms with Crippen molar-refractivity contribution in [3.05, 3.63) is 0 Å². The quantitative estimate of drug-likeness (QED) is 0.639. The molecule has 0 aromatic heterocycles. The van der Waals surface area contributed by atoms with E-state index in [0.717, 1.165) is 26.3 Å². The fourth-order valence-corrected chi connectivity index (χ4v) is 2.57. The number of thioether (sulfide) groups is 1. The highest BCUT2D eigenvalue weighted by Gasteiger charge is 2.35. The van der Waals surface area contributed by atoms with Crippen LogP contribution in [0.25, 0.3) is 0 Å². The Morgan fingerprint density at radius 1 is 1.46 bits per heavy atom. The molecule has 1 N–H and O–H groups in total. The summed E-state index contributed by atoms with van der Waals surface area (Å²) in [6.45, 7) is 5.86. The highest BCUT2D eigenvalue weighted by Crippen LogP contribution is 2.41. The van der Waals surface area contributed by atoms with Crippen LogP contribution in [0.3, 0.4) is 0 Å². The van der Waals surface area contributed by atoms with Gasteiger partial charge < -0.3 is 10.1 Å². The van der Waals surface area contributed by atoms with E-state index in [0.29, 0.717) is 4.75 Å². The molecule has 0 atom stereocenters. The summed E-state index contributed by atoms with van der Waals surface area (Å²) in [5.74, 6) is 0. The summed E-state index contributed by atoms with van der Waals surface area (Å²) in [6, 6.07) is 0. The largest absolute Gasteiger partial charge is 0.380 e. The van der Waals surface area contributed by atoms with Gasteiger partial charge in [0.15, 0.2) is 0 Å². The standard InChI is InChI=1S/C10H21NOS/c1-3-12-8-7-11-9-10(13-2)5-4-6-10/h11H,3-9H2,1-2H3. The van der Waals surface area contributed by atoms with E-state index >= 15 is 0 Å². The average molecular weight is 203 g/mol. The molecule has 0 aromatic rings. The summed E-state index contributed by atoms with van der Waals surface area (Å²) in [7, 11) is 0. The highest BCUT2D eigenvalue weighted by atomic mass is 32.2. The Labute approximate surface area is 85.8 Å². The van der Waals surface area contributed by atoms with Crippen LogP contribution in [0, 0.1) is 0 Å². The summed E-state index contributed by atoms with van der Waals surface area (Å²) >= 11 is 2.02. The van der Waals surface area contributed by atoms with Gasteiger partial charge in [0.1, 0.15) is 0 Å². The third kappa shape index (κ3) is 3.49. The lowest BCUT2D eigenvalue weighted by Gasteiger charge is -2.40. The molecular weight excluding hydrogens is 182 g/mol. The van der Waals surface area contributed by atoms with E-state index in [1.807, 2.05) is 18.7 Å². The van der Waals surface area contributed by atoms with Gasteiger partial charge in [0, 0.05) is 24.4 Å². The van der Waals surface area contributed by atoms with Gasteiger partial charge in [0.05, 0.1) is 6.61 Å². The second-order valence-corrected chi connectivity index (χ2v) is 4.89. The van der Waals surface area contributed by atoms with Crippen molar-refractivity contribution in [1.82, 2.24) is 5.32 Å². The van der Waals surface area contributed by atoms with Gasteiger partial charge in [0.2, 0.25) is 0 Å². The summed E-state index contributed by atoms with van der Waals surface area (Å²) in [5.41, 5.74) is 0. The Balaban J connectivity index is 1.98. The van der Waals surface area contributed by atoms with Crippen molar-refractivity contribution < 1.29 is 4.74 Å². The first-order chi connectivity index (χ1) is 6.33. The lowest BCUT2D eigenvalue weighted by molar-refractivity contribution is 0.147. The molecule has 1 aliphatic rings. The van der Waals surface area contributed by atoms with Crippen molar-refractivity contribution in [2.75, 3.05) is 32.6 Å². The normalized spacial score (nSPS) is 19.8. The number of hydrogen-bond acceptors (Lipinski definition) is 3. The van der Waals surface area contributed by atoms with Crippen molar-refractivity contribution in [3.63, 3.8) is 0 Å². The molecule has 0 spiro atoms. The Morgan fingerprint density at radius 3 is 2.69 bits per heavy atom. The number of ether oxygens (including phenoxy) is 1. The number of hydrogen-bond donors (Lipinski definition) is 1. The Hall–Kier alpha value is 0.270. The van der Waals surface area contributed by atoms with E-state index in [1.54, 1.807) is 0 Å². The van der Waals surface area contributed by atoms with Crippen molar-refractivity contribution in [1.29, 1.82) is 0 Å². The zero-order valence-corrected chi connectivity index (χ0v) is 9.58. The van der Waals surface area contributed by atoms with Crippen LogP contribution in [-0.2, 0) is 4.74 Å². The van der Waals surface area contributed by atoms with Gasteiger partial charge in [-0.2, -0.15) is 11.8 Å². The van der Waals surface area contributed by atoms with Gasteiger partial charge in [-0.05, 0) is 26.0 Å². The molecule has 0 unspecified atom stereocenters. The molecule has 0 radical (unpaired) electrons. The maximum atomic E-state index is 5.26. The molecule has 0 saturated heterocycles. The predicted molar refractivity (Wildman–Crippen MR) is 59.5 cm³/mol. The smallest absolute Gasteiger partial charge is 0.0590 e. The minimum Gasteiger partial charge on any atom is -0.380 e. The Kier molecular flexibility index (Phi) is 5.14. The lowest BCUT2D eigenvalue weighted by atomic mass is 9.84. The molecule has 2 nitrogen and oxygen atoms in total. The molecule has 0 heterocycles. The maximum Gasteiger partial charge on any atom is 0.0590 e. The van der Waals surface area contributed by atoms with Gasteiger partial charge in [-0.25, -0.2) is 0 Å². The molecule has 0 amide bonds. The van der Waals surface area contributed by atoms with Crippen molar-refractivity contribution in [2.45, 2.75) is 30.9 Å². The van der Waals surface area contributed by atoms with Crippen LogP contribution in [-0.4, -0.2) is 37.3 Å². The molecule has 1 fully saturated rings. The first-order valence-corrected chi connectivity index (χ1v) is 6.39.